The maximum absolute atomic E-state index is 11.7. The number of hydrogen-bond donors (Lipinski definition) is 0. The monoisotopic (exact) mass is 260 g/mol. The third kappa shape index (κ3) is 2.69. The van der Waals surface area contributed by atoms with Crippen LogP contribution in [0, 0.1) is 0 Å². The average molecular weight is 260 g/mol. The number of pyridine rings is 1. The van der Waals surface area contributed by atoms with Crippen molar-refractivity contribution in [2.75, 3.05) is 18.0 Å². The van der Waals surface area contributed by atoms with Crippen LogP contribution in [-0.4, -0.2) is 85.4 Å². The van der Waals surface area contributed by atoms with Gasteiger partial charge in [0.2, 0.25) is 0 Å². The van der Waals surface area contributed by atoms with Crippen LogP contribution in [0.4, 0.5) is 5.82 Å². The second-order valence-corrected chi connectivity index (χ2v) is 3.58. The van der Waals surface area contributed by atoms with E-state index in [2.05, 4.69) is 4.98 Å². The van der Waals surface area contributed by atoms with Crippen molar-refractivity contribution in [3.05, 3.63) is 24.4 Å². The van der Waals surface area contributed by atoms with Crippen LogP contribution in [0.5, 0.6) is 0 Å². The minimum absolute atomic E-state index is 0. The predicted octanol–water partition coefficient (Wildman–Crippen LogP) is 0.654. The molecule has 2 heterocycles. The van der Waals surface area contributed by atoms with Crippen LogP contribution in [0.3, 0.4) is 0 Å². The number of thiocarbonyl (C=S) groups is 1. The fourth-order valence-corrected chi connectivity index (χ4v) is 1.90. The number of likely N-dealkylation sites (N-methyl/N-ethyl adjacent to an activating group) is 1. The van der Waals surface area contributed by atoms with E-state index in [1.807, 2.05) is 24.0 Å². The van der Waals surface area contributed by atoms with Crippen LogP contribution in [0.2, 0.25) is 0 Å². The third-order valence-corrected chi connectivity index (χ3v) is 2.74. The number of aromatic nitrogens is 1. The van der Waals surface area contributed by atoms with Gasteiger partial charge in [-0.05, 0) is 31.3 Å². The van der Waals surface area contributed by atoms with Crippen LogP contribution < -0.4 is 4.90 Å². The summed E-state index contributed by atoms with van der Waals surface area (Å²) in [4.78, 5) is 19.2. The van der Waals surface area contributed by atoms with Gasteiger partial charge >= 0.3 is 0 Å². The van der Waals surface area contributed by atoms with Crippen molar-refractivity contribution in [1.29, 1.82) is 0 Å². The van der Waals surface area contributed by atoms with E-state index in [0.29, 0.717) is 17.5 Å². The molecule has 0 N–H and O–H groups in total. The summed E-state index contributed by atoms with van der Waals surface area (Å²) in [6.45, 7) is 3.07. The second kappa shape index (κ2) is 6.18. The molecule has 0 atom stereocenters. The fourth-order valence-electron chi connectivity index (χ4n) is 1.51. The van der Waals surface area contributed by atoms with Gasteiger partial charge in [-0.3, -0.25) is 4.79 Å². The van der Waals surface area contributed by atoms with E-state index in [-0.39, 0.29) is 57.3 Å². The predicted molar refractivity (Wildman–Crippen MR) is 67.3 cm³/mol. The number of carbonyl (C=O) groups is 1. The average Bonchev–Trinajstić information content (AvgIpc) is 2.55. The Morgan fingerprint density at radius 2 is 2.25 bits per heavy atom. The molecule has 0 spiro atoms. The number of amides is 1. The Morgan fingerprint density at radius 3 is 2.75 bits per heavy atom. The van der Waals surface area contributed by atoms with E-state index < -0.39 is 0 Å². The molecule has 0 saturated carbocycles. The first-order valence-electron chi connectivity index (χ1n) is 4.77. The van der Waals surface area contributed by atoms with Crippen LogP contribution >= 0.6 is 12.2 Å². The maximum atomic E-state index is 11.7. The summed E-state index contributed by atoms with van der Waals surface area (Å²) < 4.78 is 0. The van der Waals surface area contributed by atoms with E-state index in [4.69, 9.17) is 12.2 Å². The number of carbonyl (C=O) groups excluding carboxylic acids is 1. The normalized spacial score (nSPS) is 15.3. The summed E-state index contributed by atoms with van der Waals surface area (Å²) in [5.41, 5.74) is 0. The van der Waals surface area contributed by atoms with Gasteiger partial charge < -0.3 is 4.90 Å². The van der Waals surface area contributed by atoms with Crippen molar-refractivity contribution in [3.63, 3.8) is 0 Å². The van der Waals surface area contributed by atoms with Gasteiger partial charge in [0, 0.05) is 64.1 Å². The van der Waals surface area contributed by atoms with Crippen molar-refractivity contribution in [1.82, 2.24) is 9.88 Å². The minimum atomic E-state index is -0.0134. The summed E-state index contributed by atoms with van der Waals surface area (Å²) in [5.74, 6) is 0.587. The SMILES string of the molecule is CCN1CC(=O)N(c2ccccn2)C1=S.[K]. The van der Waals surface area contributed by atoms with Gasteiger partial charge in [-0.15, -0.1) is 0 Å². The van der Waals surface area contributed by atoms with Gasteiger partial charge in [0.1, 0.15) is 12.4 Å². The maximum Gasteiger partial charge on any atom is 0.254 e. The van der Waals surface area contributed by atoms with Crippen molar-refractivity contribution in [3.8, 4) is 0 Å². The Bertz CT molecular complexity index is 398. The summed E-state index contributed by atoms with van der Waals surface area (Å²) in [5, 5.41) is 0.543. The molecule has 1 aromatic heterocycles. The van der Waals surface area contributed by atoms with Crippen LogP contribution in [0.25, 0.3) is 0 Å². The smallest absolute Gasteiger partial charge is 0.254 e. The summed E-state index contributed by atoms with van der Waals surface area (Å²) in [7, 11) is 0. The summed E-state index contributed by atoms with van der Waals surface area (Å²) in [6, 6.07) is 5.43. The molecule has 1 aliphatic rings. The molecular weight excluding hydrogens is 249 g/mol. The van der Waals surface area contributed by atoms with Crippen LogP contribution in [0.15, 0.2) is 24.4 Å². The summed E-state index contributed by atoms with van der Waals surface area (Å²) in [6.07, 6.45) is 1.65. The molecular formula is C10H11KN3OS. The first-order chi connectivity index (χ1) is 7.24. The summed E-state index contributed by atoms with van der Waals surface area (Å²) >= 11 is 5.21. The number of hydrogen-bond acceptors (Lipinski definition) is 3. The van der Waals surface area contributed by atoms with E-state index in [0.717, 1.165) is 6.54 Å². The molecule has 0 unspecified atom stereocenters. The molecule has 2 rings (SSSR count). The van der Waals surface area contributed by atoms with E-state index in [9.17, 15) is 4.79 Å². The molecule has 0 aromatic carbocycles. The molecule has 1 radical (unpaired) electrons. The van der Waals surface area contributed by atoms with Crippen molar-refractivity contribution >= 4 is 80.4 Å². The van der Waals surface area contributed by atoms with Gasteiger partial charge in [0.25, 0.3) is 5.91 Å². The molecule has 4 nitrogen and oxygen atoms in total. The zero-order chi connectivity index (χ0) is 10.8. The first-order valence-corrected chi connectivity index (χ1v) is 5.17. The van der Waals surface area contributed by atoms with E-state index >= 15 is 0 Å². The molecule has 1 saturated heterocycles. The van der Waals surface area contributed by atoms with Gasteiger partial charge in [0.15, 0.2) is 5.11 Å². The Kier molecular flexibility index (Phi) is 5.49. The van der Waals surface area contributed by atoms with Gasteiger partial charge in [-0.25, -0.2) is 9.88 Å². The fraction of sp³-hybridized carbons (Fsp3) is 0.300. The third-order valence-electron chi connectivity index (χ3n) is 2.30. The minimum Gasteiger partial charge on any atom is -0.339 e. The molecule has 6 heteroatoms. The zero-order valence-corrected chi connectivity index (χ0v) is 13.3. The Morgan fingerprint density at radius 1 is 1.50 bits per heavy atom. The number of anilines is 1. The Hall–Kier alpha value is 0.146. The second-order valence-electron chi connectivity index (χ2n) is 3.21. The molecule has 79 valence electrons. The number of rotatable bonds is 2. The molecule has 1 aromatic rings. The van der Waals surface area contributed by atoms with Gasteiger partial charge in [-0.1, -0.05) is 6.07 Å². The molecule has 1 aliphatic heterocycles. The largest absolute Gasteiger partial charge is 0.339 e. The molecule has 0 bridgehead atoms. The Balaban J connectivity index is 0.00000128. The van der Waals surface area contributed by atoms with Gasteiger partial charge in [-0.2, -0.15) is 0 Å². The molecule has 1 fully saturated rings. The van der Waals surface area contributed by atoms with Crippen molar-refractivity contribution < 1.29 is 4.79 Å². The van der Waals surface area contributed by atoms with Crippen LogP contribution in [0.1, 0.15) is 6.92 Å². The number of nitrogens with zero attached hydrogens (tertiary/aromatic N) is 3. The van der Waals surface area contributed by atoms with E-state index in [1.165, 1.54) is 4.90 Å². The Labute approximate surface area is 142 Å². The first kappa shape index (κ1) is 14.2. The van der Waals surface area contributed by atoms with Gasteiger partial charge in [0.05, 0.1) is 0 Å². The zero-order valence-electron chi connectivity index (χ0n) is 9.38. The van der Waals surface area contributed by atoms with Crippen molar-refractivity contribution in [2.24, 2.45) is 0 Å². The van der Waals surface area contributed by atoms with E-state index in [1.54, 1.807) is 12.3 Å². The molecule has 0 aliphatic carbocycles. The quantitative estimate of drug-likeness (QED) is 0.578. The molecule has 16 heavy (non-hydrogen) atoms. The standard InChI is InChI=1S/C10H11N3OS.K/c1-2-12-7-9(14)13(10(12)15)8-5-3-4-6-11-8;/h3-6H,2,7H2,1H3;. The van der Waals surface area contributed by atoms with Crippen molar-refractivity contribution in [2.45, 2.75) is 6.92 Å². The van der Waals surface area contributed by atoms with Crippen LogP contribution in [-0.2, 0) is 4.79 Å². The topological polar surface area (TPSA) is 36.4 Å². The molecule has 1 amide bonds.